The van der Waals surface area contributed by atoms with Crippen LogP contribution >= 0.6 is 39.7 Å². The molecular weight excluding hydrogens is 428 g/mol. The van der Waals surface area contributed by atoms with Crippen LogP contribution in [-0.4, -0.2) is 29.1 Å². The Hall–Kier alpha value is -1.57. The predicted molar refractivity (Wildman–Crippen MR) is 106 cm³/mol. The third-order valence-corrected chi connectivity index (χ3v) is 4.87. The molecule has 0 saturated heterocycles. The second kappa shape index (κ2) is 9.79. The van der Waals surface area contributed by atoms with E-state index in [9.17, 15) is 4.79 Å². The summed E-state index contributed by atoms with van der Waals surface area (Å²) in [7, 11) is 0. The van der Waals surface area contributed by atoms with E-state index in [0.29, 0.717) is 29.8 Å². The van der Waals surface area contributed by atoms with E-state index in [0.717, 1.165) is 15.9 Å². The van der Waals surface area contributed by atoms with Gasteiger partial charge in [0.15, 0.2) is 5.11 Å². The fourth-order valence-electron chi connectivity index (χ4n) is 2.08. The van der Waals surface area contributed by atoms with Crippen LogP contribution in [0.25, 0.3) is 0 Å². The molecule has 0 fully saturated rings. The number of nitrogens with one attached hydrogen (secondary N) is 1. The van der Waals surface area contributed by atoms with Crippen molar-refractivity contribution in [3.8, 4) is 0 Å². The number of carbonyl (C=O) groups is 1. The largest absolute Gasteiger partial charge is 0.467 e. The number of thiocarbonyl (C=S) groups is 1. The summed E-state index contributed by atoms with van der Waals surface area (Å²) in [6.45, 7) is 3.00. The van der Waals surface area contributed by atoms with Crippen LogP contribution in [0.1, 0.15) is 19.1 Å². The highest BCUT2D eigenvalue weighted by atomic mass is 79.9. The van der Waals surface area contributed by atoms with Gasteiger partial charge in [-0.3, -0.25) is 4.79 Å². The molecule has 5 nitrogen and oxygen atoms in total. The minimum Gasteiger partial charge on any atom is -0.467 e. The molecule has 134 valence electrons. The highest BCUT2D eigenvalue weighted by molar-refractivity contribution is 9.10. The number of carbonyl (C=O) groups excluding carboxylic acids is 1. The summed E-state index contributed by atoms with van der Waals surface area (Å²) < 4.78 is 11.2. The zero-order valence-corrected chi connectivity index (χ0v) is 16.8. The maximum absolute atomic E-state index is 11.7. The first-order valence-corrected chi connectivity index (χ1v) is 9.26. The van der Waals surface area contributed by atoms with Crippen molar-refractivity contribution in [1.29, 1.82) is 0 Å². The van der Waals surface area contributed by atoms with E-state index >= 15 is 0 Å². The van der Waals surface area contributed by atoms with Gasteiger partial charge in [-0.25, -0.2) is 0 Å². The van der Waals surface area contributed by atoms with E-state index in [1.54, 1.807) is 19.3 Å². The van der Waals surface area contributed by atoms with Crippen LogP contribution in [-0.2, 0) is 16.1 Å². The fraction of sp³-hybridized carbons (Fsp3) is 0.294. The summed E-state index contributed by atoms with van der Waals surface area (Å²) in [5, 5.41) is 4.19. The molecule has 0 aliphatic rings. The standard InChI is InChI=1S/C17H18BrClN2O3S/c1-2-23-16(22)7-8-21(11-13-4-3-9-24-13)17(25)20-12-5-6-14(18)15(19)10-12/h3-6,9-10H,2,7-8,11H2,1H3,(H,20,25). The Labute approximate surface area is 165 Å². The van der Waals surface area contributed by atoms with Crippen LogP contribution in [0, 0.1) is 0 Å². The third-order valence-electron chi connectivity index (χ3n) is 3.28. The van der Waals surface area contributed by atoms with Crippen molar-refractivity contribution < 1.29 is 13.9 Å². The molecule has 8 heteroatoms. The lowest BCUT2D eigenvalue weighted by Gasteiger charge is -2.24. The summed E-state index contributed by atoms with van der Waals surface area (Å²) >= 11 is 15.0. The molecule has 0 aliphatic carbocycles. The number of nitrogens with zero attached hydrogens (tertiary/aromatic N) is 1. The Morgan fingerprint density at radius 2 is 2.24 bits per heavy atom. The Morgan fingerprint density at radius 1 is 1.44 bits per heavy atom. The molecule has 1 aromatic heterocycles. The van der Waals surface area contributed by atoms with Crippen LogP contribution in [0.15, 0.2) is 45.5 Å². The zero-order chi connectivity index (χ0) is 18.2. The van der Waals surface area contributed by atoms with E-state index in [-0.39, 0.29) is 12.4 Å². The molecule has 1 aromatic carbocycles. The van der Waals surface area contributed by atoms with Crippen molar-refractivity contribution in [1.82, 2.24) is 4.90 Å². The number of hydrogen-bond donors (Lipinski definition) is 1. The number of furan rings is 1. The third kappa shape index (κ3) is 6.34. The molecule has 0 radical (unpaired) electrons. The summed E-state index contributed by atoms with van der Waals surface area (Å²) in [4.78, 5) is 13.5. The average molecular weight is 446 g/mol. The lowest BCUT2D eigenvalue weighted by atomic mass is 10.3. The Bertz CT molecular complexity index is 725. The first-order chi connectivity index (χ1) is 12.0. The smallest absolute Gasteiger partial charge is 0.307 e. The molecule has 1 N–H and O–H groups in total. The molecule has 1 heterocycles. The van der Waals surface area contributed by atoms with Gasteiger partial charge in [0.25, 0.3) is 0 Å². The topological polar surface area (TPSA) is 54.7 Å². The minimum atomic E-state index is -0.263. The van der Waals surface area contributed by atoms with Crippen LogP contribution in [0.5, 0.6) is 0 Å². The Kier molecular flexibility index (Phi) is 7.74. The molecule has 0 unspecified atom stereocenters. The Balaban J connectivity index is 2.05. The summed E-state index contributed by atoms with van der Waals surface area (Å²) in [6.07, 6.45) is 1.83. The number of rotatable bonds is 7. The fourth-order valence-corrected chi connectivity index (χ4v) is 2.78. The molecule has 0 atom stereocenters. The number of esters is 1. The van der Waals surface area contributed by atoms with Gasteiger partial charge in [0.2, 0.25) is 0 Å². The first kappa shape index (κ1) is 19.8. The highest BCUT2D eigenvalue weighted by Crippen LogP contribution is 2.25. The van der Waals surface area contributed by atoms with Crippen LogP contribution in [0.4, 0.5) is 5.69 Å². The average Bonchev–Trinajstić information content (AvgIpc) is 3.08. The van der Waals surface area contributed by atoms with Crippen LogP contribution in [0.2, 0.25) is 5.02 Å². The van der Waals surface area contributed by atoms with Crippen molar-refractivity contribution >= 4 is 56.5 Å². The normalized spacial score (nSPS) is 10.4. The van der Waals surface area contributed by atoms with E-state index in [2.05, 4.69) is 21.2 Å². The molecule has 2 aromatic rings. The summed E-state index contributed by atoms with van der Waals surface area (Å²) in [5.74, 6) is 0.489. The van der Waals surface area contributed by atoms with Gasteiger partial charge in [-0.1, -0.05) is 11.6 Å². The van der Waals surface area contributed by atoms with Crippen molar-refractivity contribution in [3.05, 3.63) is 51.9 Å². The molecule has 2 rings (SSSR count). The van der Waals surface area contributed by atoms with Gasteiger partial charge in [-0.05, 0) is 65.4 Å². The van der Waals surface area contributed by atoms with Crippen molar-refractivity contribution in [2.24, 2.45) is 0 Å². The molecule has 0 spiro atoms. The lowest BCUT2D eigenvalue weighted by Crippen LogP contribution is -2.36. The summed E-state index contributed by atoms with van der Waals surface area (Å²) in [5.41, 5.74) is 0.763. The number of halogens is 2. The minimum absolute atomic E-state index is 0.234. The second-order valence-corrected chi connectivity index (χ2v) is 6.76. The van der Waals surface area contributed by atoms with E-state index in [4.69, 9.17) is 33.0 Å². The second-order valence-electron chi connectivity index (χ2n) is 5.11. The molecular formula is C17H18BrClN2O3S. The molecule has 0 bridgehead atoms. The number of benzene rings is 1. The lowest BCUT2D eigenvalue weighted by molar-refractivity contribution is -0.143. The summed E-state index contributed by atoms with van der Waals surface area (Å²) in [6, 6.07) is 9.14. The predicted octanol–water partition coefficient (Wildman–Crippen LogP) is 4.85. The quantitative estimate of drug-likeness (QED) is 0.486. The number of hydrogen-bond acceptors (Lipinski definition) is 4. The first-order valence-electron chi connectivity index (χ1n) is 7.68. The van der Waals surface area contributed by atoms with Gasteiger partial charge in [-0.2, -0.15) is 0 Å². The van der Waals surface area contributed by atoms with Gasteiger partial charge in [0.05, 0.1) is 30.9 Å². The molecule has 0 amide bonds. The van der Waals surface area contributed by atoms with E-state index in [1.807, 2.05) is 29.2 Å². The van der Waals surface area contributed by atoms with Crippen LogP contribution in [0.3, 0.4) is 0 Å². The van der Waals surface area contributed by atoms with Gasteiger partial charge in [0, 0.05) is 16.7 Å². The number of ether oxygens (including phenoxy) is 1. The van der Waals surface area contributed by atoms with Gasteiger partial charge in [-0.15, -0.1) is 0 Å². The van der Waals surface area contributed by atoms with Crippen LogP contribution < -0.4 is 5.32 Å². The zero-order valence-electron chi connectivity index (χ0n) is 13.6. The van der Waals surface area contributed by atoms with Crippen molar-refractivity contribution in [2.75, 3.05) is 18.5 Å². The molecule has 25 heavy (non-hydrogen) atoms. The monoisotopic (exact) mass is 444 g/mol. The SMILES string of the molecule is CCOC(=O)CCN(Cc1ccco1)C(=S)Nc1ccc(Br)c(Cl)c1. The number of anilines is 1. The molecule has 0 aliphatic heterocycles. The van der Waals surface area contributed by atoms with Gasteiger partial charge in [0.1, 0.15) is 5.76 Å². The van der Waals surface area contributed by atoms with Crippen molar-refractivity contribution in [3.63, 3.8) is 0 Å². The maximum Gasteiger partial charge on any atom is 0.307 e. The molecule has 0 saturated carbocycles. The van der Waals surface area contributed by atoms with Gasteiger partial charge < -0.3 is 19.4 Å². The van der Waals surface area contributed by atoms with E-state index < -0.39 is 0 Å². The maximum atomic E-state index is 11.7. The highest BCUT2D eigenvalue weighted by Gasteiger charge is 2.15. The van der Waals surface area contributed by atoms with Gasteiger partial charge >= 0.3 is 5.97 Å². The van der Waals surface area contributed by atoms with Crippen molar-refractivity contribution in [2.45, 2.75) is 19.9 Å². The van der Waals surface area contributed by atoms with E-state index in [1.165, 1.54) is 0 Å². The Morgan fingerprint density at radius 3 is 2.88 bits per heavy atom.